The highest BCUT2D eigenvalue weighted by Gasteiger charge is 2.11. The molecule has 0 aromatic heterocycles. The summed E-state index contributed by atoms with van der Waals surface area (Å²) in [5, 5.41) is 2.64. The lowest BCUT2D eigenvalue weighted by Crippen LogP contribution is -2.27. The maximum Gasteiger partial charge on any atom is 0.221 e. The minimum absolute atomic E-state index is 0.0462. The number of benzene rings is 1. The maximum atomic E-state index is 11.8. The van der Waals surface area contributed by atoms with Crippen molar-refractivity contribution in [1.29, 1.82) is 0 Å². The summed E-state index contributed by atoms with van der Waals surface area (Å²) in [6.45, 7) is 0.672. The van der Waals surface area contributed by atoms with Crippen LogP contribution in [0.15, 0.2) is 30.3 Å². The van der Waals surface area contributed by atoms with Crippen LogP contribution >= 0.6 is 0 Å². The first kappa shape index (κ1) is 15.7. The maximum absolute atomic E-state index is 11.8. The van der Waals surface area contributed by atoms with Gasteiger partial charge in [-0.3, -0.25) is 4.79 Å². The van der Waals surface area contributed by atoms with E-state index in [-0.39, 0.29) is 23.8 Å². The average Bonchev–Trinajstić information content (AvgIpc) is 2.36. The molecule has 1 aromatic rings. The fourth-order valence-electron chi connectivity index (χ4n) is 1.64. The van der Waals surface area contributed by atoms with E-state index in [0.717, 1.165) is 5.56 Å². The highest BCUT2D eigenvalue weighted by Crippen LogP contribution is 2.06. The van der Waals surface area contributed by atoms with E-state index in [1.165, 1.54) is 0 Å². The van der Waals surface area contributed by atoms with Crippen LogP contribution in [-0.4, -0.2) is 33.2 Å². The molecule has 0 saturated heterocycles. The van der Waals surface area contributed by atoms with Crippen LogP contribution in [-0.2, 0) is 20.4 Å². The van der Waals surface area contributed by atoms with Gasteiger partial charge in [-0.2, -0.15) is 0 Å². The van der Waals surface area contributed by atoms with Gasteiger partial charge in [-0.25, -0.2) is 8.42 Å². The molecule has 19 heavy (non-hydrogen) atoms. The van der Waals surface area contributed by atoms with Crippen molar-refractivity contribution in [3.8, 4) is 0 Å². The quantitative estimate of drug-likeness (QED) is 0.679. The first-order valence-corrected chi connectivity index (χ1v) is 8.07. The number of nitrogens with two attached hydrogens (primary N) is 1. The van der Waals surface area contributed by atoms with E-state index in [1.807, 2.05) is 18.2 Å². The van der Waals surface area contributed by atoms with Gasteiger partial charge < -0.3 is 11.1 Å². The molecule has 0 aliphatic heterocycles. The Bertz CT molecular complexity index is 486. The Morgan fingerprint density at radius 3 is 2.53 bits per heavy atom. The lowest BCUT2D eigenvalue weighted by Gasteiger charge is -2.06. The van der Waals surface area contributed by atoms with Gasteiger partial charge in [0.25, 0.3) is 0 Å². The Hall–Kier alpha value is -1.40. The number of amides is 1. The number of rotatable bonds is 8. The zero-order valence-electron chi connectivity index (χ0n) is 10.8. The Labute approximate surface area is 114 Å². The van der Waals surface area contributed by atoms with Crippen LogP contribution in [0.1, 0.15) is 18.4 Å². The van der Waals surface area contributed by atoms with Crippen molar-refractivity contribution in [3.63, 3.8) is 0 Å². The molecule has 6 heteroatoms. The SMILES string of the molecule is NCCC(=O)NCCCS(=O)(=O)Cc1ccccc1. The molecule has 1 aromatic carbocycles. The molecule has 3 N–H and O–H groups in total. The van der Waals surface area contributed by atoms with Gasteiger partial charge in [-0.1, -0.05) is 30.3 Å². The molecule has 0 unspecified atom stereocenters. The molecule has 106 valence electrons. The monoisotopic (exact) mass is 284 g/mol. The Kier molecular flexibility index (Phi) is 6.52. The van der Waals surface area contributed by atoms with Gasteiger partial charge in [0.05, 0.1) is 11.5 Å². The minimum atomic E-state index is -3.12. The molecular formula is C13H20N2O3S. The van der Waals surface area contributed by atoms with E-state index in [1.54, 1.807) is 12.1 Å². The number of sulfone groups is 1. The molecule has 1 rings (SSSR count). The van der Waals surface area contributed by atoms with Crippen LogP contribution in [0.4, 0.5) is 0 Å². The van der Waals surface area contributed by atoms with Gasteiger partial charge in [0.2, 0.25) is 5.91 Å². The van der Waals surface area contributed by atoms with Gasteiger partial charge >= 0.3 is 0 Å². The zero-order chi connectivity index (χ0) is 14.1. The van der Waals surface area contributed by atoms with Crippen LogP contribution in [0.2, 0.25) is 0 Å². The van der Waals surface area contributed by atoms with Crippen molar-refractivity contribution < 1.29 is 13.2 Å². The second kappa shape index (κ2) is 7.91. The number of hydrogen-bond donors (Lipinski definition) is 2. The molecule has 0 radical (unpaired) electrons. The van der Waals surface area contributed by atoms with Gasteiger partial charge in [0.15, 0.2) is 9.84 Å². The van der Waals surface area contributed by atoms with E-state index in [2.05, 4.69) is 5.32 Å². The number of carbonyl (C=O) groups is 1. The molecular weight excluding hydrogens is 264 g/mol. The van der Waals surface area contributed by atoms with E-state index >= 15 is 0 Å². The highest BCUT2D eigenvalue weighted by atomic mass is 32.2. The number of carbonyl (C=O) groups excluding carboxylic acids is 1. The normalized spacial score (nSPS) is 11.2. The lowest BCUT2D eigenvalue weighted by molar-refractivity contribution is -0.120. The molecule has 0 atom stereocenters. The summed E-state index contributed by atoms with van der Waals surface area (Å²) >= 11 is 0. The first-order chi connectivity index (χ1) is 9.03. The second-order valence-electron chi connectivity index (χ2n) is 4.32. The predicted octanol–water partition coefficient (Wildman–Crippen LogP) is 0.457. The smallest absolute Gasteiger partial charge is 0.221 e. The Morgan fingerprint density at radius 2 is 1.89 bits per heavy atom. The largest absolute Gasteiger partial charge is 0.356 e. The van der Waals surface area contributed by atoms with Crippen molar-refractivity contribution in [2.24, 2.45) is 5.73 Å². The first-order valence-electron chi connectivity index (χ1n) is 6.24. The summed E-state index contributed by atoms with van der Waals surface area (Å²) < 4.78 is 23.7. The number of nitrogens with one attached hydrogen (secondary N) is 1. The van der Waals surface area contributed by atoms with Crippen molar-refractivity contribution in [3.05, 3.63) is 35.9 Å². The minimum Gasteiger partial charge on any atom is -0.356 e. The molecule has 0 spiro atoms. The summed E-state index contributed by atoms with van der Waals surface area (Å²) in [5.41, 5.74) is 6.02. The van der Waals surface area contributed by atoms with Gasteiger partial charge in [0.1, 0.15) is 0 Å². The van der Waals surface area contributed by atoms with Crippen molar-refractivity contribution in [2.45, 2.75) is 18.6 Å². The lowest BCUT2D eigenvalue weighted by atomic mass is 10.2. The zero-order valence-corrected chi connectivity index (χ0v) is 11.7. The van der Waals surface area contributed by atoms with Crippen molar-refractivity contribution in [1.82, 2.24) is 5.32 Å². The summed E-state index contributed by atoms with van der Waals surface area (Å²) in [6, 6.07) is 9.07. The molecule has 0 saturated carbocycles. The van der Waals surface area contributed by atoms with Gasteiger partial charge in [0, 0.05) is 19.5 Å². The molecule has 0 aliphatic carbocycles. The van der Waals surface area contributed by atoms with E-state index < -0.39 is 9.84 Å². The molecule has 0 bridgehead atoms. The van der Waals surface area contributed by atoms with Crippen LogP contribution in [0, 0.1) is 0 Å². The summed E-state index contributed by atoms with van der Waals surface area (Å²) in [4.78, 5) is 11.1. The molecule has 0 heterocycles. The molecule has 5 nitrogen and oxygen atoms in total. The van der Waals surface area contributed by atoms with Gasteiger partial charge in [-0.15, -0.1) is 0 Å². The van der Waals surface area contributed by atoms with Crippen molar-refractivity contribution >= 4 is 15.7 Å². The van der Waals surface area contributed by atoms with Crippen LogP contribution in [0.5, 0.6) is 0 Å². The Balaban J connectivity index is 2.30. The predicted molar refractivity (Wildman–Crippen MR) is 75.2 cm³/mol. The van der Waals surface area contributed by atoms with E-state index in [4.69, 9.17) is 5.73 Å². The second-order valence-corrected chi connectivity index (χ2v) is 6.50. The number of hydrogen-bond acceptors (Lipinski definition) is 4. The van der Waals surface area contributed by atoms with Crippen molar-refractivity contribution in [2.75, 3.05) is 18.8 Å². The third-order valence-corrected chi connectivity index (χ3v) is 4.24. The fraction of sp³-hybridized carbons (Fsp3) is 0.462. The molecule has 0 aliphatic rings. The summed E-state index contributed by atoms with van der Waals surface area (Å²) in [6.07, 6.45) is 0.697. The third kappa shape index (κ3) is 6.93. The fourth-order valence-corrected chi connectivity index (χ4v) is 3.07. The third-order valence-electron chi connectivity index (χ3n) is 2.56. The van der Waals surface area contributed by atoms with E-state index in [9.17, 15) is 13.2 Å². The van der Waals surface area contributed by atoms with Gasteiger partial charge in [-0.05, 0) is 12.0 Å². The van der Waals surface area contributed by atoms with Crippen LogP contribution in [0.25, 0.3) is 0 Å². The summed E-state index contributed by atoms with van der Waals surface area (Å²) in [7, 11) is -3.12. The average molecular weight is 284 g/mol. The van der Waals surface area contributed by atoms with Crippen LogP contribution < -0.4 is 11.1 Å². The molecule has 0 fully saturated rings. The highest BCUT2D eigenvalue weighted by molar-refractivity contribution is 7.90. The molecule has 1 amide bonds. The Morgan fingerprint density at radius 1 is 1.21 bits per heavy atom. The summed E-state index contributed by atoms with van der Waals surface area (Å²) in [5.74, 6) is -0.0157. The topological polar surface area (TPSA) is 89.3 Å². The van der Waals surface area contributed by atoms with E-state index in [0.29, 0.717) is 19.5 Å². The van der Waals surface area contributed by atoms with Crippen LogP contribution in [0.3, 0.4) is 0 Å². The standard InChI is InChI=1S/C13H20N2O3S/c14-8-7-13(16)15-9-4-10-19(17,18)11-12-5-2-1-3-6-12/h1-3,5-6H,4,7-11,14H2,(H,15,16).